The molecule has 0 N–H and O–H groups in total. The summed E-state index contributed by atoms with van der Waals surface area (Å²) in [5.74, 6) is 1.45. The molecule has 1 aromatic heterocycles. The van der Waals surface area contributed by atoms with Gasteiger partial charge in [-0.05, 0) is 42.8 Å². The third kappa shape index (κ3) is 3.20. The first kappa shape index (κ1) is 16.7. The molecule has 1 saturated heterocycles. The largest absolute Gasteiger partial charge is 0.496 e. The lowest BCUT2D eigenvalue weighted by Gasteiger charge is -2.34. The van der Waals surface area contributed by atoms with E-state index in [1.165, 1.54) is 4.31 Å². The molecule has 3 rings (SSSR count). The molecule has 1 aromatic carbocycles. The summed E-state index contributed by atoms with van der Waals surface area (Å²) in [5, 5.41) is 7.94. The van der Waals surface area contributed by atoms with Crippen LogP contribution in [0.15, 0.2) is 41.4 Å². The molecule has 0 aliphatic carbocycles. The molecular formula is C16H20N4O3S. The van der Waals surface area contributed by atoms with Crippen molar-refractivity contribution in [1.82, 2.24) is 14.5 Å². The second kappa shape index (κ2) is 6.74. The molecule has 2 heterocycles. The molecule has 0 unspecified atom stereocenters. The Balaban J connectivity index is 1.74. The summed E-state index contributed by atoms with van der Waals surface area (Å²) < 4.78 is 32.3. The number of methoxy groups -OCH3 is 1. The van der Waals surface area contributed by atoms with Gasteiger partial charge < -0.3 is 9.64 Å². The Morgan fingerprint density at radius 2 is 1.88 bits per heavy atom. The number of sulfonamides is 1. The Morgan fingerprint density at radius 1 is 1.12 bits per heavy atom. The van der Waals surface area contributed by atoms with E-state index in [1.807, 2.05) is 24.0 Å². The van der Waals surface area contributed by atoms with Crippen molar-refractivity contribution in [2.24, 2.45) is 0 Å². The van der Waals surface area contributed by atoms with Crippen molar-refractivity contribution in [1.29, 1.82) is 0 Å². The lowest BCUT2D eigenvalue weighted by Crippen LogP contribution is -2.48. The number of nitrogens with zero attached hydrogens (tertiary/aromatic N) is 4. The normalized spacial score (nSPS) is 16.2. The number of ether oxygens (including phenoxy) is 1. The molecule has 0 saturated carbocycles. The minimum atomic E-state index is -3.50. The fourth-order valence-electron chi connectivity index (χ4n) is 2.78. The van der Waals surface area contributed by atoms with Crippen LogP contribution in [0, 0.1) is 6.92 Å². The Morgan fingerprint density at radius 3 is 2.46 bits per heavy atom. The van der Waals surface area contributed by atoms with E-state index >= 15 is 0 Å². The monoisotopic (exact) mass is 348 g/mol. The molecule has 24 heavy (non-hydrogen) atoms. The van der Waals surface area contributed by atoms with Crippen molar-refractivity contribution in [3.05, 3.63) is 42.1 Å². The van der Waals surface area contributed by atoms with Gasteiger partial charge in [-0.25, -0.2) is 8.42 Å². The zero-order valence-corrected chi connectivity index (χ0v) is 14.5. The van der Waals surface area contributed by atoms with Gasteiger partial charge >= 0.3 is 0 Å². The second-order valence-electron chi connectivity index (χ2n) is 5.60. The molecule has 128 valence electrons. The molecule has 7 nitrogen and oxygen atoms in total. The number of rotatable bonds is 4. The van der Waals surface area contributed by atoms with Crippen LogP contribution in [0.3, 0.4) is 0 Å². The molecule has 1 aliphatic rings. The second-order valence-corrected chi connectivity index (χ2v) is 7.54. The molecule has 1 fully saturated rings. The van der Waals surface area contributed by atoms with Crippen molar-refractivity contribution >= 4 is 15.8 Å². The first-order chi connectivity index (χ1) is 11.5. The molecule has 1 aliphatic heterocycles. The highest BCUT2D eigenvalue weighted by Gasteiger charge is 2.29. The van der Waals surface area contributed by atoms with E-state index in [4.69, 9.17) is 4.74 Å². The van der Waals surface area contributed by atoms with E-state index < -0.39 is 10.0 Å². The topological polar surface area (TPSA) is 75.6 Å². The lowest BCUT2D eigenvalue weighted by molar-refractivity contribution is 0.383. The summed E-state index contributed by atoms with van der Waals surface area (Å²) in [6.45, 7) is 3.86. The van der Waals surface area contributed by atoms with E-state index in [0.29, 0.717) is 36.8 Å². The minimum Gasteiger partial charge on any atom is -0.496 e. The van der Waals surface area contributed by atoms with Gasteiger partial charge in [-0.3, -0.25) is 0 Å². The van der Waals surface area contributed by atoms with Gasteiger partial charge in [-0.15, -0.1) is 5.10 Å². The van der Waals surface area contributed by atoms with Crippen LogP contribution in [0.5, 0.6) is 5.75 Å². The summed E-state index contributed by atoms with van der Waals surface area (Å²) in [6, 6.07) is 8.65. The van der Waals surface area contributed by atoms with Gasteiger partial charge in [0.1, 0.15) is 5.75 Å². The van der Waals surface area contributed by atoms with Crippen LogP contribution in [0.25, 0.3) is 0 Å². The third-order valence-electron chi connectivity index (χ3n) is 4.12. The maximum Gasteiger partial charge on any atom is 0.243 e. The summed E-state index contributed by atoms with van der Waals surface area (Å²) >= 11 is 0. The Labute approximate surface area is 141 Å². The average molecular weight is 348 g/mol. The molecule has 8 heteroatoms. The van der Waals surface area contributed by atoms with Crippen molar-refractivity contribution in [3.63, 3.8) is 0 Å². The van der Waals surface area contributed by atoms with Crippen LogP contribution in [-0.4, -0.2) is 56.2 Å². The first-order valence-electron chi connectivity index (χ1n) is 7.70. The molecular weight excluding hydrogens is 328 g/mol. The summed E-state index contributed by atoms with van der Waals surface area (Å²) in [6.07, 6.45) is 1.62. The molecule has 0 radical (unpaired) electrons. The zero-order chi connectivity index (χ0) is 17.2. The minimum absolute atomic E-state index is 0.300. The maximum atomic E-state index is 12.8. The van der Waals surface area contributed by atoms with Crippen LogP contribution >= 0.6 is 0 Å². The number of piperazine rings is 1. The van der Waals surface area contributed by atoms with Crippen LogP contribution in [0.2, 0.25) is 0 Å². The molecule has 0 amide bonds. The van der Waals surface area contributed by atoms with Gasteiger partial charge in [0, 0.05) is 32.4 Å². The standard InChI is InChI=1S/C16H20N4O3S/c1-13-12-14(5-6-15(13)23-2)24(21,22)20-10-8-19(9-11-20)16-4-3-7-17-18-16/h3-7,12H,8-11H2,1-2H3. The predicted molar refractivity (Wildman–Crippen MR) is 90.7 cm³/mol. The van der Waals surface area contributed by atoms with Gasteiger partial charge in [-0.1, -0.05) is 0 Å². The number of hydrogen-bond donors (Lipinski definition) is 0. The van der Waals surface area contributed by atoms with E-state index in [0.717, 1.165) is 11.4 Å². The first-order valence-corrected chi connectivity index (χ1v) is 9.14. The van der Waals surface area contributed by atoms with Gasteiger partial charge in [-0.2, -0.15) is 9.40 Å². The predicted octanol–water partition coefficient (Wildman–Crippen LogP) is 1.30. The summed E-state index contributed by atoms with van der Waals surface area (Å²) in [7, 11) is -1.93. The third-order valence-corrected chi connectivity index (χ3v) is 6.02. The van der Waals surface area contributed by atoms with Crippen LogP contribution in [0.1, 0.15) is 5.56 Å². The van der Waals surface area contributed by atoms with Crippen molar-refractivity contribution in [2.45, 2.75) is 11.8 Å². The Kier molecular flexibility index (Phi) is 4.68. The quantitative estimate of drug-likeness (QED) is 0.829. The van der Waals surface area contributed by atoms with Gasteiger partial charge in [0.15, 0.2) is 5.82 Å². The molecule has 2 aromatic rings. The summed E-state index contributed by atoms with van der Waals surface area (Å²) in [5.41, 5.74) is 0.803. The zero-order valence-electron chi connectivity index (χ0n) is 13.7. The van der Waals surface area contributed by atoms with E-state index in [1.54, 1.807) is 31.5 Å². The van der Waals surface area contributed by atoms with Crippen molar-refractivity contribution in [3.8, 4) is 5.75 Å². The fraction of sp³-hybridized carbons (Fsp3) is 0.375. The number of aryl methyl sites for hydroxylation is 1. The van der Waals surface area contributed by atoms with Crippen molar-refractivity contribution < 1.29 is 13.2 Å². The van der Waals surface area contributed by atoms with E-state index in [-0.39, 0.29) is 0 Å². The number of benzene rings is 1. The van der Waals surface area contributed by atoms with Crippen LogP contribution < -0.4 is 9.64 Å². The molecule has 0 bridgehead atoms. The van der Waals surface area contributed by atoms with Crippen LogP contribution in [-0.2, 0) is 10.0 Å². The van der Waals surface area contributed by atoms with E-state index in [2.05, 4.69) is 10.2 Å². The van der Waals surface area contributed by atoms with Gasteiger partial charge in [0.05, 0.1) is 12.0 Å². The highest BCUT2D eigenvalue weighted by atomic mass is 32.2. The lowest BCUT2D eigenvalue weighted by atomic mass is 10.2. The van der Waals surface area contributed by atoms with Gasteiger partial charge in [0.25, 0.3) is 0 Å². The maximum absolute atomic E-state index is 12.8. The number of aromatic nitrogens is 2. The molecule has 0 spiro atoms. The summed E-state index contributed by atoms with van der Waals surface area (Å²) in [4.78, 5) is 2.34. The highest BCUT2D eigenvalue weighted by molar-refractivity contribution is 7.89. The smallest absolute Gasteiger partial charge is 0.243 e. The van der Waals surface area contributed by atoms with E-state index in [9.17, 15) is 8.42 Å². The SMILES string of the molecule is COc1ccc(S(=O)(=O)N2CCN(c3cccnn3)CC2)cc1C. The van der Waals surface area contributed by atoms with Crippen molar-refractivity contribution in [2.75, 3.05) is 38.2 Å². The van der Waals surface area contributed by atoms with Crippen LogP contribution in [0.4, 0.5) is 5.82 Å². The Hall–Kier alpha value is -2.19. The fourth-order valence-corrected chi connectivity index (χ4v) is 4.29. The number of anilines is 1. The number of hydrogen-bond acceptors (Lipinski definition) is 6. The highest BCUT2D eigenvalue weighted by Crippen LogP contribution is 2.25. The Bertz CT molecular complexity index is 803. The average Bonchev–Trinajstić information content (AvgIpc) is 2.62. The molecule has 0 atom stereocenters. The van der Waals surface area contributed by atoms with Gasteiger partial charge in [0.2, 0.25) is 10.0 Å².